The number of hydrogen-bond acceptors (Lipinski definition) is 1. The lowest BCUT2D eigenvalue weighted by Crippen LogP contribution is -2.17. The summed E-state index contributed by atoms with van der Waals surface area (Å²) in [5.41, 5.74) is 8.67. The van der Waals surface area contributed by atoms with E-state index < -0.39 is 0 Å². The van der Waals surface area contributed by atoms with Gasteiger partial charge in [0.25, 0.3) is 0 Å². The lowest BCUT2D eigenvalue weighted by molar-refractivity contribution is 0.361. The average molecular weight is 256 g/mol. The molecule has 1 fully saturated rings. The van der Waals surface area contributed by atoms with E-state index in [4.69, 9.17) is 5.73 Å². The molecular weight excluding hydrogens is 232 g/mol. The highest BCUT2D eigenvalue weighted by atomic mass is 15.0. The van der Waals surface area contributed by atoms with E-state index in [9.17, 15) is 0 Å². The van der Waals surface area contributed by atoms with Crippen molar-refractivity contribution >= 4 is 10.9 Å². The van der Waals surface area contributed by atoms with Gasteiger partial charge in [0.2, 0.25) is 0 Å². The number of nitrogens with two attached hydrogens (primary N) is 1. The molecule has 1 aliphatic rings. The predicted molar refractivity (Wildman–Crippen MR) is 81.4 cm³/mol. The minimum atomic E-state index is 0.232. The Kier molecular flexibility index (Phi) is 3.61. The highest BCUT2D eigenvalue weighted by Gasteiger charge is 2.16. The van der Waals surface area contributed by atoms with Gasteiger partial charge in [-0.25, -0.2) is 0 Å². The molecule has 0 saturated heterocycles. The van der Waals surface area contributed by atoms with E-state index >= 15 is 0 Å². The Morgan fingerprint density at radius 1 is 1.21 bits per heavy atom. The third-order valence-corrected chi connectivity index (χ3v) is 4.31. The number of rotatable bonds is 3. The summed E-state index contributed by atoms with van der Waals surface area (Å²) < 4.78 is 2.50. The first kappa shape index (κ1) is 12.7. The largest absolute Gasteiger partial charge is 0.344 e. The van der Waals surface area contributed by atoms with Crippen molar-refractivity contribution in [2.75, 3.05) is 0 Å². The van der Waals surface area contributed by atoms with Gasteiger partial charge >= 0.3 is 0 Å². The van der Waals surface area contributed by atoms with Crippen molar-refractivity contribution in [3.05, 3.63) is 36.0 Å². The van der Waals surface area contributed by atoms with Crippen LogP contribution in [0.4, 0.5) is 0 Å². The summed E-state index contributed by atoms with van der Waals surface area (Å²) in [4.78, 5) is 0. The SMILES string of the molecule is CC(N)Cc1ccc2ccn(C3CCCCC3)c2c1. The maximum atomic E-state index is 5.92. The summed E-state index contributed by atoms with van der Waals surface area (Å²) in [5.74, 6) is 0. The van der Waals surface area contributed by atoms with Gasteiger partial charge in [-0.2, -0.15) is 0 Å². The van der Waals surface area contributed by atoms with Crippen LogP contribution in [0.15, 0.2) is 30.5 Å². The first-order valence-electron chi connectivity index (χ1n) is 7.59. The molecule has 0 aliphatic heterocycles. The molecule has 2 aromatic rings. The summed E-state index contributed by atoms with van der Waals surface area (Å²) >= 11 is 0. The zero-order valence-corrected chi connectivity index (χ0v) is 11.8. The Labute approximate surface area is 115 Å². The van der Waals surface area contributed by atoms with E-state index in [1.165, 1.54) is 48.6 Å². The average Bonchev–Trinajstić information content (AvgIpc) is 2.82. The number of aromatic nitrogens is 1. The fourth-order valence-electron chi connectivity index (χ4n) is 3.37. The molecule has 1 atom stereocenters. The molecule has 1 aromatic carbocycles. The van der Waals surface area contributed by atoms with E-state index in [0.29, 0.717) is 6.04 Å². The van der Waals surface area contributed by atoms with Crippen molar-refractivity contribution in [3.8, 4) is 0 Å². The molecule has 0 radical (unpaired) electrons. The second kappa shape index (κ2) is 5.38. The molecule has 1 saturated carbocycles. The van der Waals surface area contributed by atoms with Crippen molar-refractivity contribution in [1.82, 2.24) is 4.57 Å². The number of hydrogen-bond donors (Lipinski definition) is 1. The highest BCUT2D eigenvalue weighted by molar-refractivity contribution is 5.81. The summed E-state index contributed by atoms with van der Waals surface area (Å²) in [5, 5.41) is 1.36. The Morgan fingerprint density at radius 3 is 2.74 bits per heavy atom. The molecule has 102 valence electrons. The monoisotopic (exact) mass is 256 g/mol. The second-order valence-electron chi connectivity index (χ2n) is 6.09. The van der Waals surface area contributed by atoms with Crippen LogP contribution in [0.25, 0.3) is 10.9 Å². The quantitative estimate of drug-likeness (QED) is 0.883. The van der Waals surface area contributed by atoms with Gasteiger partial charge in [0.1, 0.15) is 0 Å². The summed E-state index contributed by atoms with van der Waals surface area (Å²) in [7, 11) is 0. The maximum absolute atomic E-state index is 5.92. The first-order chi connectivity index (χ1) is 9.24. The molecule has 2 nitrogen and oxygen atoms in total. The van der Waals surface area contributed by atoms with Crippen molar-refractivity contribution in [2.24, 2.45) is 5.73 Å². The Balaban J connectivity index is 1.95. The van der Waals surface area contributed by atoms with Crippen molar-refractivity contribution < 1.29 is 0 Å². The van der Waals surface area contributed by atoms with Crippen LogP contribution in [-0.4, -0.2) is 10.6 Å². The number of nitrogens with zero attached hydrogens (tertiary/aromatic N) is 1. The van der Waals surface area contributed by atoms with Crippen LogP contribution in [0.1, 0.15) is 50.6 Å². The van der Waals surface area contributed by atoms with Crippen molar-refractivity contribution in [2.45, 2.75) is 57.5 Å². The van der Waals surface area contributed by atoms with E-state index in [1.807, 2.05) is 0 Å². The van der Waals surface area contributed by atoms with Gasteiger partial charge in [-0.05, 0) is 49.3 Å². The number of fused-ring (bicyclic) bond motifs is 1. The van der Waals surface area contributed by atoms with Crippen LogP contribution in [0.5, 0.6) is 0 Å². The minimum absolute atomic E-state index is 0.232. The van der Waals surface area contributed by atoms with Crippen LogP contribution in [0, 0.1) is 0 Å². The minimum Gasteiger partial charge on any atom is -0.344 e. The van der Waals surface area contributed by atoms with Crippen LogP contribution < -0.4 is 5.73 Å². The lowest BCUT2D eigenvalue weighted by atomic mass is 9.95. The smallest absolute Gasteiger partial charge is 0.0485 e. The molecule has 2 N–H and O–H groups in total. The highest BCUT2D eigenvalue weighted by Crippen LogP contribution is 2.31. The van der Waals surface area contributed by atoms with Crippen molar-refractivity contribution in [3.63, 3.8) is 0 Å². The van der Waals surface area contributed by atoms with E-state index in [-0.39, 0.29) is 6.04 Å². The second-order valence-corrected chi connectivity index (χ2v) is 6.09. The van der Waals surface area contributed by atoms with Crippen LogP contribution in [-0.2, 0) is 6.42 Å². The normalized spacial score (nSPS) is 18.8. The van der Waals surface area contributed by atoms with Gasteiger partial charge in [-0.3, -0.25) is 0 Å². The van der Waals surface area contributed by atoms with Gasteiger partial charge in [0.05, 0.1) is 0 Å². The van der Waals surface area contributed by atoms with Crippen LogP contribution in [0.2, 0.25) is 0 Å². The molecule has 2 heteroatoms. The maximum Gasteiger partial charge on any atom is 0.0485 e. The van der Waals surface area contributed by atoms with Gasteiger partial charge in [0, 0.05) is 23.8 Å². The van der Waals surface area contributed by atoms with Gasteiger partial charge in [0.15, 0.2) is 0 Å². The Morgan fingerprint density at radius 2 is 2.00 bits per heavy atom. The van der Waals surface area contributed by atoms with Gasteiger partial charge in [-0.15, -0.1) is 0 Å². The van der Waals surface area contributed by atoms with E-state index in [2.05, 4.69) is 42.0 Å². The molecule has 0 amide bonds. The zero-order valence-electron chi connectivity index (χ0n) is 11.8. The third-order valence-electron chi connectivity index (χ3n) is 4.31. The molecule has 1 unspecified atom stereocenters. The van der Waals surface area contributed by atoms with Gasteiger partial charge in [-0.1, -0.05) is 31.4 Å². The zero-order chi connectivity index (χ0) is 13.2. The first-order valence-corrected chi connectivity index (χ1v) is 7.59. The van der Waals surface area contributed by atoms with E-state index in [1.54, 1.807) is 0 Å². The standard InChI is InChI=1S/C17H24N2/c1-13(18)11-14-7-8-15-9-10-19(17(15)12-14)16-5-3-2-4-6-16/h7-10,12-13,16H,2-6,11,18H2,1H3. The molecule has 1 heterocycles. The Hall–Kier alpha value is -1.28. The summed E-state index contributed by atoms with van der Waals surface area (Å²) in [6.45, 7) is 2.07. The summed E-state index contributed by atoms with van der Waals surface area (Å²) in [6.07, 6.45) is 10.1. The molecule has 1 aromatic heterocycles. The Bertz CT molecular complexity index is 547. The summed E-state index contributed by atoms with van der Waals surface area (Å²) in [6, 6.07) is 9.99. The molecule has 1 aliphatic carbocycles. The fraction of sp³-hybridized carbons (Fsp3) is 0.529. The van der Waals surface area contributed by atoms with Crippen LogP contribution >= 0.6 is 0 Å². The molecule has 3 rings (SSSR count). The molecule has 19 heavy (non-hydrogen) atoms. The third kappa shape index (κ3) is 2.69. The molecule has 0 bridgehead atoms. The van der Waals surface area contributed by atoms with Crippen molar-refractivity contribution in [1.29, 1.82) is 0 Å². The fourth-order valence-corrected chi connectivity index (χ4v) is 3.37. The predicted octanol–water partition coefficient (Wildman–Crippen LogP) is 4.04. The van der Waals surface area contributed by atoms with E-state index in [0.717, 1.165) is 6.42 Å². The lowest BCUT2D eigenvalue weighted by Gasteiger charge is -2.24. The topological polar surface area (TPSA) is 30.9 Å². The molecule has 0 spiro atoms. The van der Waals surface area contributed by atoms with Gasteiger partial charge < -0.3 is 10.3 Å². The molecular formula is C17H24N2. The number of benzene rings is 1. The van der Waals surface area contributed by atoms with Crippen LogP contribution in [0.3, 0.4) is 0 Å².